The molecule has 0 radical (unpaired) electrons. The highest BCUT2D eigenvalue weighted by Crippen LogP contribution is 2.23. The van der Waals surface area contributed by atoms with Gasteiger partial charge in [0, 0.05) is 42.4 Å². The zero-order chi connectivity index (χ0) is 19.3. The van der Waals surface area contributed by atoms with E-state index in [1.165, 1.54) is 4.31 Å². The van der Waals surface area contributed by atoms with Gasteiger partial charge in [-0.3, -0.25) is 9.78 Å². The lowest BCUT2D eigenvalue weighted by Gasteiger charge is -2.30. The number of halogens is 1. The van der Waals surface area contributed by atoms with Crippen molar-refractivity contribution in [3.05, 3.63) is 64.4 Å². The first kappa shape index (κ1) is 20.0. The first-order valence-electron chi connectivity index (χ1n) is 8.83. The summed E-state index contributed by atoms with van der Waals surface area (Å²) in [6.07, 6.45) is 4.46. The van der Waals surface area contributed by atoms with Gasteiger partial charge in [-0.1, -0.05) is 28.1 Å². The quantitative estimate of drug-likeness (QED) is 0.731. The number of carbonyl (C=O) groups is 1. The molecule has 1 aliphatic heterocycles. The highest BCUT2D eigenvalue weighted by molar-refractivity contribution is 9.10. The van der Waals surface area contributed by atoms with Gasteiger partial charge in [0.1, 0.15) is 0 Å². The van der Waals surface area contributed by atoms with E-state index in [1.54, 1.807) is 12.4 Å². The number of carbonyl (C=O) groups excluding carboxylic acids is 1. The first-order valence-corrected chi connectivity index (χ1v) is 11.2. The van der Waals surface area contributed by atoms with Crippen molar-refractivity contribution >= 4 is 31.9 Å². The Morgan fingerprint density at radius 1 is 1.15 bits per heavy atom. The number of amides is 1. The van der Waals surface area contributed by atoms with Crippen molar-refractivity contribution in [3.8, 4) is 0 Å². The smallest absolute Gasteiger partial charge is 0.223 e. The van der Waals surface area contributed by atoms with Crippen LogP contribution in [0.5, 0.6) is 0 Å². The highest BCUT2D eigenvalue weighted by Gasteiger charge is 2.31. The standard InChI is InChI=1S/C19H22BrN3O3S/c20-18-3-1-2-16(12-18)14-27(25,26)23-10-6-17(7-11-23)19(24)22-13-15-4-8-21-9-5-15/h1-5,8-9,12,17H,6-7,10-11,13-14H2,(H,22,24). The van der Waals surface area contributed by atoms with E-state index in [1.807, 2.05) is 36.4 Å². The summed E-state index contributed by atoms with van der Waals surface area (Å²) in [5.74, 6) is -0.189. The molecule has 1 fully saturated rings. The van der Waals surface area contributed by atoms with Crippen LogP contribution in [0.3, 0.4) is 0 Å². The van der Waals surface area contributed by atoms with Gasteiger partial charge in [-0.15, -0.1) is 0 Å². The predicted octanol–water partition coefficient (Wildman–Crippen LogP) is 2.70. The number of sulfonamides is 1. The van der Waals surface area contributed by atoms with Crippen LogP contribution in [-0.4, -0.2) is 36.7 Å². The van der Waals surface area contributed by atoms with E-state index in [0.717, 1.165) is 15.6 Å². The Balaban J connectivity index is 1.51. The van der Waals surface area contributed by atoms with Crippen LogP contribution >= 0.6 is 15.9 Å². The van der Waals surface area contributed by atoms with Crippen molar-refractivity contribution in [3.63, 3.8) is 0 Å². The Labute approximate surface area is 168 Å². The zero-order valence-electron chi connectivity index (χ0n) is 14.8. The molecule has 2 aromatic rings. The minimum atomic E-state index is -3.38. The number of pyridine rings is 1. The van der Waals surface area contributed by atoms with Gasteiger partial charge in [0.15, 0.2) is 0 Å². The number of piperidine rings is 1. The molecular formula is C19H22BrN3O3S. The van der Waals surface area contributed by atoms with E-state index in [9.17, 15) is 13.2 Å². The van der Waals surface area contributed by atoms with Crippen molar-refractivity contribution in [1.82, 2.24) is 14.6 Å². The minimum Gasteiger partial charge on any atom is -0.352 e. The molecule has 1 saturated heterocycles. The maximum Gasteiger partial charge on any atom is 0.223 e. The second-order valence-electron chi connectivity index (χ2n) is 6.63. The molecular weight excluding hydrogens is 430 g/mol. The molecule has 6 nitrogen and oxygen atoms in total. The summed E-state index contributed by atoms with van der Waals surface area (Å²) in [5.41, 5.74) is 1.74. The normalized spacial score (nSPS) is 16.2. The van der Waals surface area contributed by atoms with Crippen LogP contribution in [0, 0.1) is 5.92 Å². The average Bonchev–Trinajstić information content (AvgIpc) is 2.67. The lowest BCUT2D eigenvalue weighted by Crippen LogP contribution is -2.43. The fourth-order valence-corrected chi connectivity index (χ4v) is 5.16. The SMILES string of the molecule is O=C(NCc1ccncc1)C1CCN(S(=O)(=O)Cc2cccc(Br)c2)CC1. The van der Waals surface area contributed by atoms with E-state index in [0.29, 0.717) is 32.5 Å². The predicted molar refractivity (Wildman–Crippen MR) is 107 cm³/mol. The van der Waals surface area contributed by atoms with Crippen molar-refractivity contribution < 1.29 is 13.2 Å². The van der Waals surface area contributed by atoms with Crippen LogP contribution in [-0.2, 0) is 27.1 Å². The van der Waals surface area contributed by atoms with E-state index < -0.39 is 10.0 Å². The Hall–Kier alpha value is -1.77. The van der Waals surface area contributed by atoms with Crippen molar-refractivity contribution in [2.45, 2.75) is 25.1 Å². The number of rotatable bonds is 6. The van der Waals surface area contributed by atoms with Crippen LogP contribution in [0.1, 0.15) is 24.0 Å². The molecule has 0 unspecified atom stereocenters. The van der Waals surface area contributed by atoms with E-state index in [4.69, 9.17) is 0 Å². The second-order valence-corrected chi connectivity index (χ2v) is 9.52. The third-order valence-electron chi connectivity index (χ3n) is 4.67. The van der Waals surface area contributed by atoms with Gasteiger partial charge in [-0.2, -0.15) is 0 Å². The molecule has 0 bridgehead atoms. The average molecular weight is 452 g/mol. The molecule has 8 heteroatoms. The van der Waals surface area contributed by atoms with E-state index in [-0.39, 0.29) is 17.6 Å². The zero-order valence-corrected chi connectivity index (χ0v) is 17.2. The van der Waals surface area contributed by atoms with E-state index in [2.05, 4.69) is 26.2 Å². The van der Waals surface area contributed by atoms with Gasteiger partial charge in [0.2, 0.25) is 15.9 Å². The summed E-state index contributed by atoms with van der Waals surface area (Å²) in [6, 6.07) is 11.0. The van der Waals surface area contributed by atoms with Crippen LogP contribution in [0.2, 0.25) is 0 Å². The van der Waals surface area contributed by atoms with Gasteiger partial charge in [0.05, 0.1) is 5.75 Å². The van der Waals surface area contributed by atoms with Crippen molar-refractivity contribution in [2.75, 3.05) is 13.1 Å². The molecule has 3 rings (SSSR count). The van der Waals surface area contributed by atoms with Crippen molar-refractivity contribution in [1.29, 1.82) is 0 Å². The first-order chi connectivity index (χ1) is 12.9. The monoisotopic (exact) mass is 451 g/mol. The van der Waals surface area contributed by atoms with Crippen LogP contribution < -0.4 is 5.32 Å². The van der Waals surface area contributed by atoms with Gasteiger partial charge < -0.3 is 5.32 Å². The summed E-state index contributed by atoms with van der Waals surface area (Å²) in [4.78, 5) is 16.3. The Morgan fingerprint density at radius 3 is 2.52 bits per heavy atom. The lowest BCUT2D eigenvalue weighted by atomic mass is 9.97. The maximum atomic E-state index is 12.7. The Bertz CT molecular complexity index is 882. The molecule has 1 aromatic carbocycles. The Morgan fingerprint density at radius 2 is 1.85 bits per heavy atom. The molecule has 0 atom stereocenters. The summed E-state index contributed by atoms with van der Waals surface area (Å²) >= 11 is 3.36. The van der Waals surface area contributed by atoms with Gasteiger partial charge in [-0.05, 0) is 48.2 Å². The molecule has 1 aliphatic rings. The number of aromatic nitrogens is 1. The molecule has 1 N–H and O–H groups in total. The third kappa shape index (κ3) is 5.60. The second kappa shape index (κ2) is 8.95. The molecule has 2 heterocycles. The number of hydrogen-bond donors (Lipinski definition) is 1. The van der Waals surface area contributed by atoms with Crippen LogP contribution in [0.15, 0.2) is 53.3 Å². The summed E-state index contributed by atoms with van der Waals surface area (Å²) in [6.45, 7) is 1.22. The van der Waals surface area contributed by atoms with Gasteiger partial charge >= 0.3 is 0 Å². The Kier molecular flexibility index (Phi) is 6.62. The molecule has 27 heavy (non-hydrogen) atoms. The molecule has 1 aromatic heterocycles. The molecule has 0 saturated carbocycles. The number of nitrogens with one attached hydrogen (secondary N) is 1. The number of hydrogen-bond acceptors (Lipinski definition) is 4. The minimum absolute atomic E-state index is 0.0177. The molecule has 0 spiro atoms. The lowest BCUT2D eigenvalue weighted by molar-refractivity contribution is -0.126. The summed E-state index contributed by atoms with van der Waals surface area (Å²) in [7, 11) is -3.38. The fraction of sp³-hybridized carbons (Fsp3) is 0.368. The maximum absolute atomic E-state index is 12.7. The van der Waals surface area contributed by atoms with Gasteiger partial charge in [-0.25, -0.2) is 12.7 Å². The number of benzene rings is 1. The largest absolute Gasteiger partial charge is 0.352 e. The number of nitrogens with zero attached hydrogens (tertiary/aromatic N) is 2. The third-order valence-corrected chi connectivity index (χ3v) is 7.02. The van der Waals surface area contributed by atoms with Crippen LogP contribution in [0.4, 0.5) is 0 Å². The summed E-state index contributed by atoms with van der Waals surface area (Å²) < 4.78 is 27.7. The fourth-order valence-electron chi connectivity index (χ4n) is 3.16. The van der Waals surface area contributed by atoms with Gasteiger partial charge in [0.25, 0.3) is 0 Å². The van der Waals surface area contributed by atoms with E-state index >= 15 is 0 Å². The molecule has 144 valence electrons. The highest BCUT2D eigenvalue weighted by atomic mass is 79.9. The van der Waals surface area contributed by atoms with Crippen LogP contribution in [0.25, 0.3) is 0 Å². The molecule has 1 amide bonds. The molecule has 0 aliphatic carbocycles. The topological polar surface area (TPSA) is 79.4 Å². The summed E-state index contributed by atoms with van der Waals surface area (Å²) in [5, 5.41) is 2.93. The van der Waals surface area contributed by atoms with Crippen molar-refractivity contribution in [2.24, 2.45) is 5.92 Å².